The normalized spacial score (nSPS) is 11.4. The van der Waals surface area contributed by atoms with E-state index < -0.39 is 0 Å². The van der Waals surface area contributed by atoms with E-state index in [2.05, 4.69) is 28.3 Å². The first-order valence-corrected chi connectivity index (χ1v) is 8.54. The molecule has 0 bridgehead atoms. The second-order valence-corrected chi connectivity index (χ2v) is 6.64. The third kappa shape index (κ3) is 2.15. The second-order valence-electron chi connectivity index (χ2n) is 6.64. The fourth-order valence-corrected chi connectivity index (χ4v) is 3.51. The molecular weight excluding hydrogens is 326 g/mol. The van der Waals surface area contributed by atoms with Crippen LogP contribution in [0.3, 0.4) is 0 Å². The van der Waals surface area contributed by atoms with Gasteiger partial charge < -0.3 is 10.4 Å². The van der Waals surface area contributed by atoms with Gasteiger partial charge in [-0.1, -0.05) is 6.07 Å². The monoisotopic (exact) mass is 347 g/mol. The van der Waals surface area contributed by atoms with E-state index in [1.54, 1.807) is 12.4 Å². The van der Waals surface area contributed by atoms with Crippen LogP contribution in [0.15, 0.2) is 24.5 Å². The average molecular weight is 347 g/mol. The number of hydrogen-bond donors (Lipinski definition) is 2. The fraction of sp³-hybridized carbons (Fsp3) is 0.250. The van der Waals surface area contributed by atoms with Gasteiger partial charge in [0.25, 0.3) is 0 Å². The Labute approximate surface area is 151 Å². The third-order valence-electron chi connectivity index (χ3n) is 5.03. The van der Waals surface area contributed by atoms with Crippen LogP contribution in [0.1, 0.15) is 22.4 Å². The molecule has 0 aliphatic carbocycles. The van der Waals surface area contributed by atoms with E-state index in [4.69, 9.17) is 4.98 Å². The zero-order valence-corrected chi connectivity index (χ0v) is 15.5. The molecule has 0 aliphatic rings. The standard InChI is InChI=1S/C20H21N5O/c1-10-6-7-15(26)12(3)17(10)25-19-14(8-11(2)13(4)24-19)16-18(21-5)22-9-23-20(16)25/h6-9,26H,1-5H3,(H,21,22,23). The lowest BCUT2D eigenvalue weighted by Crippen LogP contribution is -2.03. The van der Waals surface area contributed by atoms with Crippen molar-refractivity contribution in [2.75, 3.05) is 12.4 Å². The topological polar surface area (TPSA) is 75.9 Å². The van der Waals surface area contributed by atoms with E-state index in [0.717, 1.165) is 56.0 Å². The Kier molecular flexibility index (Phi) is 3.57. The molecule has 0 atom stereocenters. The van der Waals surface area contributed by atoms with Gasteiger partial charge in [0.2, 0.25) is 0 Å². The number of pyridine rings is 1. The molecule has 132 valence electrons. The molecular formula is C20H21N5O. The zero-order chi connectivity index (χ0) is 18.6. The SMILES string of the molecule is CNc1ncnc2c1c1cc(C)c(C)nc1n2-c1c(C)ccc(O)c1C. The first-order chi connectivity index (χ1) is 12.4. The molecule has 0 amide bonds. The number of nitrogens with zero attached hydrogens (tertiary/aromatic N) is 4. The van der Waals surface area contributed by atoms with Crippen LogP contribution < -0.4 is 5.32 Å². The number of benzene rings is 1. The summed E-state index contributed by atoms with van der Waals surface area (Å²) >= 11 is 0. The Balaban J connectivity index is 2.29. The number of aromatic nitrogens is 4. The van der Waals surface area contributed by atoms with Gasteiger partial charge in [0.05, 0.1) is 11.1 Å². The summed E-state index contributed by atoms with van der Waals surface area (Å²) in [4.78, 5) is 13.8. The lowest BCUT2D eigenvalue weighted by atomic mass is 10.1. The highest BCUT2D eigenvalue weighted by Gasteiger charge is 2.21. The largest absolute Gasteiger partial charge is 0.508 e. The number of hydrogen-bond acceptors (Lipinski definition) is 5. The van der Waals surface area contributed by atoms with Crippen LogP contribution in [-0.4, -0.2) is 31.7 Å². The number of nitrogens with one attached hydrogen (secondary N) is 1. The van der Waals surface area contributed by atoms with Crippen molar-refractivity contribution in [1.29, 1.82) is 0 Å². The second kappa shape index (κ2) is 5.69. The minimum absolute atomic E-state index is 0.257. The summed E-state index contributed by atoms with van der Waals surface area (Å²) in [5, 5.41) is 15.4. The number of fused-ring (bicyclic) bond motifs is 3. The van der Waals surface area contributed by atoms with E-state index in [1.807, 2.05) is 38.5 Å². The molecule has 0 spiro atoms. The summed E-state index contributed by atoms with van der Waals surface area (Å²) in [5.74, 6) is 1.02. The molecule has 0 unspecified atom stereocenters. The first kappa shape index (κ1) is 16.3. The molecule has 6 nitrogen and oxygen atoms in total. The minimum Gasteiger partial charge on any atom is -0.508 e. The van der Waals surface area contributed by atoms with Gasteiger partial charge in [-0.05, 0) is 51.0 Å². The summed E-state index contributed by atoms with van der Waals surface area (Å²) in [6, 6.07) is 5.77. The van der Waals surface area contributed by atoms with E-state index in [-0.39, 0.29) is 5.75 Å². The van der Waals surface area contributed by atoms with E-state index in [0.29, 0.717) is 0 Å². The van der Waals surface area contributed by atoms with Gasteiger partial charge in [-0.15, -0.1) is 0 Å². The fourth-order valence-electron chi connectivity index (χ4n) is 3.51. The summed E-state index contributed by atoms with van der Waals surface area (Å²) in [5.41, 5.74) is 6.42. The summed E-state index contributed by atoms with van der Waals surface area (Å²) < 4.78 is 2.03. The quantitative estimate of drug-likeness (QED) is 0.574. The third-order valence-corrected chi connectivity index (χ3v) is 5.03. The van der Waals surface area contributed by atoms with E-state index in [1.165, 1.54) is 0 Å². The number of aryl methyl sites for hydroxylation is 3. The summed E-state index contributed by atoms with van der Waals surface area (Å²) in [7, 11) is 1.85. The van der Waals surface area contributed by atoms with Gasteiger partial charge in [0.15, 0.2) is 5.65 Å². The zero-order valence-electron chi connectivity index (χ0n) is 15.5. The average Bonchev–Trinajstić information content (AvgIpc) is 2.93. The lowest BCUT2D eigenvalue weighted by molar-refractivity contribution is 0.470. The Morgan fingerprint density at radius 2 is 1.77 bits per heavy atom. The van der Waals surface area contributed by atoms with Crippen LogP contribution in [0.2, 0.25) is 0 Å². The molecule has 26 heavy (non-hydrogen) atoms. The molecule has 1 aromatic carbocycles. The van der Waals surface area contributed by atoms with Gasteiger partial charge in [-0.3, -0.25) is 4.57 Å². The van der Waals surface area contributed by atoms with Gasteiger partial charge in [-0.25, -0.2) is 15.0 Å². The number of phenols is 1. The van der Waals surface area contributed by atoms with Crippen LogP contribution in [0, 0.1) is 27.7 Å². The van der Waals surface area contributed by atoms with Crippen LogP contribution in [0.4, 0.5) is 5.82 Å². The van der Waals surface area contributed by atoms with Crippen molar-refractivity contribution in [3.05, 3.63) is 46.9 Å². The van der Waals surface area contributed by atoms with Crippen molar-refractivity contribution >= 4 is 27.9 Å². The molecule has 0 saturated carbocycles. The van der Waals surface area contributed by atoms with Gasteiger partial charge in [0.1, 0.15) is 23.5 Å². The molecule has 0 radical (unpaired) electrons. The molecule has 4 aromatic rings. The van der Waals surface area contributed by atoms with Crippen molar-refractivity contribution in [3.63, 3.8) is 0 Å². The van der Waals surface area contributed by atoms with Crippen molar-refractivity contribution in [3.8, 4) is 11.4 Å². The number of rotatable bonds is 2. The molecule has 4 rings (SSSR count). The van der Waals surface area contributed by atoms with Crippen LogP contribution in [0.25, 0.3) is 27.8 Å². The van der Waals surface area contributed by atoms with Crippen molar-refractivity contribution in [1.82, 2.24) is 19.5 Å². The molecule has 2 N–H and O–H groups in total. The van der Waals surface area contributed by atoms with Crippen LogP contribution >= 0.6 is 0 Å². The summed E-state index contributed by atoms with van der Waals surface area (Å²) in [6.45, 7) is 8.00. The molecule has 3 aromatic heterocycles. The molecule has 0 aliphatic heterocycles. The first-order valence-electron chi connectivity index (χ1n) is 8.54. The van der Waals surface area contributed by atoms with Gasteiger partial charge in [-0.2, -0.15) is 0 Å². The Hall–Kier alpha value is -3.15. The summed E-state index contributed by atoms with van der Waals surface area (Å²) in [6.07, 6.45) is 1.55. The van der Waals surface area contributed by atoms with Gasteiger partial charge >= 0.3 is 0 Å². The van der Waals surface area contributed by atoms with Crippen molar-refractivity contribution < 1.29 is 5.11 Å². The number of aromatic hydroxyl groups is 1. The maximum Gasteiger partial charge on any atom is 0.152 e. The Bertz CT molecular complexity index is 1180. The smallest absolute Gasteiger partial charge is 0.152 e. The predicted octanol–water partition coefficient (Wildman–Crippen LogP) is 3.95. The van der Waals surface area contributed by atoms with Crippen molar-refractivity contribution in [2.45, 2.75) is 27.7 Å². The molecule has 0 fully saturated rings. The highest BCUT2D eigenvalue weighted by Crippen LogP contribution is 2.37. The maximum atomic E-state index is 10.3. The highest BCUT2D eigenvalue weighted by molar-refractivity contribution is 6.12. The molecule has 0 saturated heterocycles. The van der Waals surface area contributed by atoms with Gasteiger partial charge in [0, 0.05) is 23.7 Å². The lowest BCUT2D eigenvalue weighted by Gasteiger charge is -2.14. The van der Waals surface area contributed by atoms with Crippen molar-refractivity contribution in [2.24, 2.45) is 0 Å². The van der Waals surface area contributed by atoms with E-state index >= 15 is 0 Å². The number of phenolic OH excluding ortho intramolecular Hbond substituents is 1. The van der Waals surface area contributed by atoms with Crippen LogP contribution in [-0.2, 0) is 0 Å². The Morgan fingerprint density at radius 1 is 1.00 bits per heavy atom. The van der Waals surface area contributed by atoms with E-state index in [9.17, 15) is 5.11 Å². The predicted molar refractivity (Wildman–Crippen MR) is 104 cm³/mol. The minimum atomic E-state index is 0.257. The molecule has 6 heteroatoms. The molecule has 3 heterocycles. The Morgan fingerprint density at radius 3 is 2.50 bits per heavy atom. The highest BCUT2D eigenvalue weighted by atomic mass is 16.3. The number of anilines is 1. The van der Waals surface area contributed by atoms with Crippen LogP contribution in [0.5, 0.6) is 5.75 Å². The maximum absolute atomic E-state index is 10.3.